The van der Waals surface area contributed by atoms with Crippen LogP contribution in [-0.4, -0.2) is 32.0 Å². The highest BCUT2D eigenvalue weighted by molar-refractivity contribution is 4.79. The summed E-state index contributed by atoms with van der Waals surface area (Å²) >= 11 is 0. The SMILES string of the molecule is CC(C)C(NN)C1COCCO1. The van der Waals surface area contributed by atoms with Crippen LogP contribution in [0.25, 0.3) is 0 Å². The van der Waals surface area contributed by atoms with E-state index in [4.69, 9.17) is 15.3 Å². The number of nitrogens with one attached hydrogen (secondary N) is 1. The van der Waals surface area contributed by atoms with E-state index in [2.05, 4.69) is 19.3 Å². The zero-order chi connectivity index (χ0) is 8.97. The van der Waals surface area contributed by atoms with Gasteiger partial charge < -0.3 is 9.47 Å². The topological polar surface area (TPSA) is 56.5 Å². The van der Waals surface area contributed by atoms with E-state index in [9.17, 15) is 0 Å². The molecule has 1 aliphatic rings. The van der Waals surface area contributed by atoms with E-state index in [1.807, 2.05) is 0 Å². The van der Waals surface area contributed by atoms with Crippen LogP contribution in [0, 0.1) is 5.92 Å². The smallest absolute Gasteiger partial charge is 0.0978 e. The highest BCUT2D eigenvalue weighted by Crippen LogP contribution is 2.12. The van der Waals surface area contributed by atoms with Crippen molar-refractivity contribution in [2.24, 2.45) is 11.8 Å². The van der Waals surface area contributed by atoms with Crippen LogP contribution < -0.4 is 11.3 Å². The van der Waals surface area contributed by atoms with E-state index < -0.39 is 0 Å². The van der Waals surface area contributed by atoms with Crippen molar-refractivity contribution in [2.45, 2.75) is 26.0 Å². The fourth-order valence-electron chi connectivity index (χ4n) is 1.44. The highest BCUT2D eigenvalue weighted by Gasteiger charge is 2.26. The molecule has 0 aromatic rings. The Kier molecular flexibility index (Phi) is 3.94. The first kappa shape index (κ1) is 9.92. The molecule has 1 saturated heterocycles. The lowest BCUT2D eigenvalue weighted by molar-refractivity contribution is -0.107. The molecule has 2 atom stereocenters. The van der Waals surface area contributed by atoms with Gasteiger partial charge in [-0.2, -0.15) is 0 Å². The van der Waals surface area contributed by atoms with E-state index in [1.165, 1.54) is 0 Å². The lowest BCUT2D eigenvalue weighted by atomic mass is 9.99. The van der Waals surface area contributed by atoms with Crippen molar-refractivity contribution < 1.29 is 9.47 Å². The van der Waals surface area contributed by atoms with Crippen LogP contribution in [0.3, 0.4) is 0 Å². The van der Waals surface area contributed by atoms with Gasteiger partial charge in [0.1, 0.15) is 0 Å². The standard InChI is InChI=1S/C8H18N2O2/c1-6(2)8(10-9)7-5-11-3-4-12-7/h6-8,10H,3-5,9H2,1-2H3. The second kappa shape index (κ2) is 4.77. The largest absolute Gasteiger partial charge is 0.376 e. The molecule has 2 unspecified atom stereocenters. The predicted octanol–water partition coefficient (Wildman–Crippen LogP) is -0.110. The number of hydrogen-bond donors (Lipinski definition) is 2. The Morgan fingerprint density at radius 3 is 2.58 bits per heavy atom. The van der Waals surface area contributed by atoms with Crippen LogP contribution in [0.15, 0.2) is 0 Å². The van der Waals surface area contributed by atoms with Crippen molar-refractivity contribution in [3.05, 3.63) is 0 Å². The van der Waals surface area contributed by atoms with Gasteiger partial charge in [0.2, 0.25) is 0 Å². The van der Waals surface area contributed by atoms with Gasteiger partial charge in [-0.1, -0.05) is 13.8 Å². The third-order valence-corrected chi connectivity index (χ3v) is 2.15. The zero-order valence-electron chi connectivity index (χ0n) is 7.75. The van der Waals surface area contributed by atoms with Crippen LogP contribution in [-0.2, 0) is 9.47 Å². The Bertz CT molecular complexity index is 124. The van der Waals surface area contributed by atoms with Crippen molar-refractivity contribution in [1.82, 2.24) is 5.43 Å². The van der Waals surface area contributed by atoms with Gasteiger partial charge in [0.05, 0.1) is 32.0 Å². The molecular weight excluding hydrogens is 156 g/mol. The fourth-order valence-corrected chi connectivity index (χ4v) is 1.44. The van der Waals surface area contributed by atoms with Crippen LogP contribution in [0.1, 0.15) is 13.8 Å². The first-order chi connectivity index (χ1) is 5.75. The molecule has 0 saturated carbocycles. The Hall–Kier alpha value is -0.160. The van der Waals surface area contributed by atoms with E-state index in [1.54, 1.807) is 0 Å². The molecule has 3 N–H and O–H groups in total. The summed E-state index contributed by atoms with van der Waals surface area (Å²) in [7, 11) is 0. The third kappa shape index (κ3) is 2.42. The van der Waals surface area contributed by atoms with Gasteiger partial charge >= 0.3 is 0 Å². The van der Waals surface area contributed by atoms with Gasteiger partial charge in [0.25, 0.3) is 0 Å². The molecule has 1 heterocycles. The third-order valence-electron chi connectivity index (χ3n) is 2.15. The van der Waals surface area contributed by atoms with Crippen LogP contribution in [0.5, 0.6) is 0 Å². The molecule has 0 bridgehead atoms. The summed E-state index contributed by atoms with van der Waals surface area (Å²) in [4.78, 5) is 0. The number of ether oxygens (including phenoxy) is 2. The summed E-state index contributed by atoms with van der Waals surface area (Å²) in [6, 6.07) is 0.185. The van der Waals surface area contributed by atoms with Gasteiger partial charge in [-0.15, -0.1) is 0 Å². The number of hydrazine groups is 1. The van der Waals surface area contributed by atoms with E-state index in [0.29, 0.717) is 25.7 Å². The Balaban J connectivity index is 2.40. The lowest BCUT2D eigenvalue weighted by Gasteiger charge is -2.32. The Morgan fingerprint density at radius 2 is 2.17 bits per heavy atom. The molecule has 0 spiro atoms. The second-order valence-corrected chi connectivity index (χ2v) is 3.42. The average Bonchev–Trinajstić information content (AvgIpc) is 2.07. The molecule has 72 valence electrons. The summed E-state index contributed by atoms with van der Waals surface area (Å²) in [6.45, 7) is 6.25. The van der Waals surface area contributed by atoms with Gasteiger partial charge in [-0.25, -0.2) is 0 Å². The fraction of sp³-hybridized carbons (Fsp3) is 1.00. The molecular formula is C8H18N2O2. The molecule has 0 aromatic heterocycles. The first-order valence-electron chi connectivity index (χ1n) is 4.41. The van der Waals surface area contributed by atoms with Crippen molar-refractivity contribution in [3.8, 4) is 0 Å². The van der Waals surface area contributed by atoms with Crippen molar-refractivity contribution in [3.63, 3.8) is 0 Å². The lowest BCUT2D eigenvalue weighted by Crippen LogP contribution is -2.52. The molecule has 0 aliphatic carbocycles. The van der Waals surface area contributed by atoms with Crippen molar-refractivity contribution in [2.75, 3.05) is 19.8 Å². The Morgan fingerprint density at radius 1 is 1.42 bits per heavy atom. The maximum absolute atomic E-state index is 5.52. The molecule has 12 heavy (non-hydrogen) atoms. The highest BCUT2D eigenvalue weighted by atomic mass is 16.6. The van der Waals surface area contributed by atoms with Crippen molar-refractivity contribution >= 4 is 0 Å². The summed E-state index contributed by atoms with van der Waals surface area (Å²) < 4.78 is 10.8. The molecule has 4 nitrogen and oxygen atoms in total. The predicted molar refractivity (Wildman–Crippen MR) is 46.5 cm³/mol. The van der Waals surface area contributed by atoms with Crippen molar-refractivity contribution in [1.29, 1.82) is 0 Å². The number of nitrogens with two attached hydrogens (primary N) is 1. The van der Waals surface area contributed by atoms with Gasteiger partial charge in [0.15, 0.2) is 0 Å². The minimum absolute atomic E-state index is 0.101. The average molecular weight is 174 g/mol. The summed E-state index contributed by atoms with van der Waals surface area (Å²) in [5.41, 5.74) is 2.77. The van der Waals surface area contributed by atoms with Gasteiger partial charge in [0, 0.05) is 0 Å². The molecule has 1 aliphatic heterocycles. The molecule has 1 rings (SSSR count). The minimum atomic E-state index is 0.101. The molecule has 1 fully saturated rings. The normalized spacial score (nSPS) is 27.5. The first-order valence-corrected chi connectivity index (χ1v) is 4.41. The summed E-state index contributed by atoms with van der Waals surface area (Å²) in [6.07, 6.45) is 0.101. The monoisotopic (exact) mass is 174 g/mol. The van der Waals surface area contributed by atoms with Crippen LogP contribution in [0.4, 0.5) is 0 Å². The molecule has 0 amide bonds. The van der Waals surface area contributed by atoms with E-state index in [-0.39, 0.29) is 12.1 Å². The minimum Gasteiger partial charge on any atom is -0.376 e. The maximum atomic E-state index is 5.52. The summed E-state index contributed by atoms with van der Waals surface area (Å²) in [5.74, 6) is 5.88. The van der Waals surface area contributed by atoms with Crippen LogP contribution in [0.2, 0.25) is 0 Å². The molecule has 0 radical (unpaired) electrons. The van der Waals surface area contributed by atoms with Gasteiger partial charge in [-0.3, -0.25) is 11.3 Å². The maximum Gasteiger partial charge on any atom is 0.0978 e. The second-order valence-electron chi connectivity index (χ2n) is 3.42. The summed E-state index contributed by atoms with van der Waals surface area (Å²) in [5, 5.41) is 0. The molecule has 0 aromatic carbocycles. The van der Waals surface area contributed by atoms with E-state index >= 15 is 0 Å². The van der Waals surface area contributed by atoms with Gasteiger partial charge in [-0.05, 0) is 5.92 Å². The molecule has 4 heteroatoms. The van der Waals surface area contributed by atoms with Crippen LogP contribution >= 0.6 is 0 Å². The quantitative estimate of drug-likeness (QED) is 0.463. The number of hydrogen-bond acceptors (Lipinski definition) is 4. The Labute approximate surface area is 73.4 Å². The zero-order valence-corrected chi connectivity index (χ0v) is 7.75. The number of rotatable bonds is 3. The van der Waals surface area contributed by atoms with E-state index in [0.717, 1.165) is 0 Å².